The van der Waals surface area contributed by atoms with Crippen molar-refractivity contribution in [3.8, 4) is 16.9 Å². The zero-order valence-corrected chi connectivity index (χ0v) is 17.2. The minimum Gasteiger partial charge on any atom is -0.508 e. The maximum Gasteiger partial charge on any atom is 0.276 e. The summed E-state index contributed by atoms with van der Waals surface area (Å²) >= 11 is 0. The Hall–Kier alpha value is -3.93. The van der Waals surface area contributed by atoms with E-state index in [1.807, 2.05) is 12.1 Å². The molecular formula is C25H23N3O3. The highest BCUT2D eigenvalue weighted by molar-refractivity contribution is 6.09. The predicted octanol–water partition coefficient (Wildman–Crippen LogP) is 4.82. The molecule has 0 aliphatic carbocycles. The molecule has 4 aromatic rings. The number of unbranched alkanes of at least 4 members (excludes halogenated alkanes) is 1. The molecular weight excluding hydrogens is 390 g/mol. The molecule has 0 spiro atoms. The summed E-state index contributed by atoms with van der Waals surface area (Å²) in [6.45, 7) is 2.55. The standard InChI is InChI=1S/C25H23N3O3/c1-2-3-15-28-23-20(13-8-14-26-23)21(18-11-7-12-19(29)16-18)22(25(28)31)27-24(30)17-9-5-4-6-10-17/h4-14,16,29H,2-3,15H2,1H3,(H,27,30). The normalized spacial score (nSPS) is 10.9. The number of anilines is 1. The van der Waals surface area contributed by atoms with E-state index in [9.17, 15) is 14.7 Å². The molecule has 2 heterocycles. The summed E-state index contributed by atoms with van der Waals surface area (Å²) in [6.07, 6.45) is 3.38. The van der Waals surface area contributed by atoms with Gasteiger partial charge in [0.15, 0.2) is 0 Å². The van der Waals surface area contributed by atoms with Gasteiger partial charge in [-0.25, -0.2) is 4.98 Å². The van der Waals surface area contributed by atoms with Gasteiger partial charge in [0.25, 0.3) is 11.5 Å². The van der Waals surface area contributed by atoms with Crippen LogP contribution < -0.4 is 10.9 Å². The number of nitrogens with one attached hydrogen (secondary N) is 1. The fraction of sp³-hybridized carbons (Fsp3) is 0.160. The lowest BCUT2D eigenvalue weighted by Gasteiger charge is -2.18. The van der Waals surface area contributed by atoms with Gasteiger partial charge in [-0.2, -0.15) is 0 Å². The number of hydrogen-bond acceptors (Lipinski definition) is 4. The van der Waals surface area contributed by atoms with E-state index in [-0.39, 0.29) is 22.9 Å². The van der Waals surface area contributed by atoms with Crippen molar-refractivity contribution in [1.29, 1.82) is 0 Å². The Morgan fingerprint density at radius 3 is 2.61 bits per heavy atom. The number of carbonyl (C=O) groups excluding carboxylic acids is 1. The van der Waals surface area contributed by atoms with Crippen molar-refractivity contribution in [1.82, 2.24) is 9.55 Å². The van der Waals surface area contributed by atoms with Crippen LogP contribution in [0.25, 0.3) is 22.2 Å². The molecule has 0 radical (unpaired) electrons. The van der Waals surface area contributed by atoms with Crippen LogP contribution >= 0.6 is 0 Å². The number of hydrogen-bond donors (Lipinski definition) is 2. The van der Waals surface area contributed by atoms with Crippen molar-refractivity contribution in [2.45, 2.75) is 26.3 Å². The first kappa shape index (κ1) is 20.3. The SMILES string of the molecule is CCCCn1c(=O)c(NC(=O)c2ccccc2)c(-c2cccc(O)c2)c2cccnc21. The smallest absolute Gasteiger partial charge is 0.276 e. The van der Waals surface area contributed by atoms with Gasteiger partial charge >= 0.3 is 0 Å². The highest BCUT2D eigenvalue weighted by Gasteiger charge is 2.21. The number of phenolic OH excluding ortho intramolecular Hbond substituents is 1. The summed E-state index contributed by atoms with van der Waals surface area (Å²) in [5.74, 6) is -0.297. The van der Waals surface area contributed by atoms with Crippen molar-refractivity contribution in [2.75, 3.05) is 5.32 Å². The van der Waals surface area contributed by atoms with Crippen LogP contribution in [-0.2, 0) is 6.54 Å². The van der Waals surface area contributed by atoms with E-state index in [0.29, 0.717) is 28.9 Å². The Morgan fingerprint density at radius 1 is 1.06 bits per heavy atom. The second kappa shape index (κ2) is 8.83. The Balaban J connectivity index is 1.99. The van der Waals surface area contributed by atoms with E-state index in [2.05, 4.69) is 17.2 Å². The van der Waals surface area contributed by atoms with Gasteiger partial charge < -0.3 is 10.4 Å². The topological polar surface area (TPSA) is 84.2 Å². The molecule has 0 fully saturated rings. The van der Waals surface area contributed by atoms with E-state index in [0.717, 1.165) is 18.2 Å². The maximum absolute atomic E-state index is 13.6. The lowest BCUT2D eigenvalue weighted by Crippen LogP contribution is -2.28. The van der Waals surface area contributed by atoms with Gasteiger partial charge in [-0.15, -0.1) is 0 Å². The first-order chi connectivity index (χ1) is 15.1. The quantitative estimate of drug-likeness (QED) is 0.475. The fourth-order valence-electron chi connectivity index (χ4n) is 3.66. The highest BCUT2D eigenvalue weighted by atomic mass is 16.3. The molecule has 4 rings (SSSR count). The molecule has 6 nitrogen and oxygen atoms in total. The number of pyridine rings is 2. The van der Waals surface area contributed by atoms with Crippen LogP contribution in [0.5, 0.6) is 5.75 Å². The Kier molecular flexibility index (Phi) is 5.80. The number of aromatic hydroxyl groups is 1. The van der Waals surface area contributed by atoms with E-state index in [1.54, 1.807) is 65.4 Å². The highest BCUT2D eigenvalue weighted by Crippen LogP contribution is 2.34. The van der Waals surface area contributed by atoms with E-state index in [1.165, 1.54) is 0 Å². The number of aryl methyl sites for hydroxylation is 1. The summed E-state index contributed by atoms with van der Waals surface area (Å²) in [5, 5.41) is 13.6. The molecule has 2 N–H and O–H groups in total. The molecule has 0 bridgehead atoms. The summed E-state index contributed by atoms with van der Waals surface area (Å²) < 4.78 is 1.62. The van der Waals surface area contributed by atoms with Gasteiger partial charge in [0.1, 0.15) is 17.1 Å². The number of amides is 1. The molecule has 0 unspecified atom stereocenters. The van der Waals surface area contributed by atoms with Crippen molar-refractivity contribution in [2.24, 2.45) is 0 Å². The van der Waals surface area contributed by atoms with Crippen LogP contribution in [0.2, 0.25) is 0 Å². The van der Waals surface area contributed by atoms with Crippen molar-refractivity contribution in [3.05, 3.63) is 88.8 Å². The van der Waals surface area contributed by atoms with Gasteiger partial charge in [-0.3, -0.25) is 14.2 Å². The number of rotatable bonds is 6. The molecule has 2 aromatic heterocycles. The lowest BCUT2D eigenvalue weighted by molar-refractivity contribution is 0.102. The summed E-state index contributed by atoms with van der Waals surface area (Å²) in [4.78, 5) is 31.0. The summed E-state index contributed by atoms with van der Waals surface area (Å²) in [5.41, 5.74) is 2.03. The van der Waals surface area contributed by atoms with Crippen molar-refractivity contribution < 1.29 is 9.90 Å². The Labute approximate surface area is 179 Å². The van der Waals surface area contributed by atoms with Crippen molar-refractivity contribution in [3.63, 3.8) is 0 Å². The molecule has 6 heteroatoms. The summed E-state index contributed by atoms with van der Waals surface area (Å²) in [6, 6.07) is 19.1. The van der Waals surface area contributed by atoms with Crippen molar-refractivity contribution >= 4 is 22.6 Å². The maximum atomic E-state index is 13.6. The van der Waals surface area contributed by atoms with Gasteiger partial charge in [-0.1, -0.05) is 43.7 Å². The first-order valence-corrected chi connectivity index (χ1v) is 10.3. The number of fused-ring (bicyclic) bond motifs is 1. The third-order valence-electron chi connectivity index (χ3n) is 5.17. The molecule has 0 saturated heterocycles. The molecule has 156 valence electrons. The molecule has 0 aliphatic heterocycles. The zero-order valence-electron chi connectivity index (χ0n) is 17.2. The minimum atomic E-state index is -0.371. The van der Waals surface area contributed by atoms with Gasteiger partial charge in [0.2, 0.25) is 0 Å². The van der Waals surface area contributed by atoms with Gasteiger partial charge in [-0.05, 0) is 48.4 Å². The fourth-order valence-corrected chi connectivity index (χ4v) is 3.66. The Bertz CT molecular complexity index is 1300. The molecule has 0 saturated carbocycles. The van der Waals surface area contributed by atoms with Crippen LogP contribution in [0.3, 0.4) is 0 Å². The second-order valence-electron chi connectivity index (χ2n) is 7.31. The van der Waals surface area contributed by atoms with Crippen LogP contribution in [0, 0.1) is 0 Å². The van der Waals surface area contributed by atoms with Gasteiger partial charge in [0.05, 0.1) is 0 Å². The van der Waals surface area contributed by atoms with Gasteiger partial charge in [0, 0.05) is 29.3 Å². The largest absolute Gasteiger partial charge is 0.508 e. The third kappa shape index (κ3) is 4.05. The number of benzene rings is 2. The average molecular weight is 413 g/mol. The second-order valence-corrected chi connectivity index (χ2v) is 7.31. The zero-order chi connectivity index (χ0) is 21.8. The summed E-state index contributed by atoms with van der Waals surface area (Å²) in [7, 11) is 0. The number of aromatic nitrogens is 2. The van der Waals surface area contributed by atoms with E-state index in [4.69, 9.17) is 0 Å². The van der Waals surface area contributed by atoms with E-state index < -0.39 is 0 Å². The third-order valence-corrected chi connectivity index (χ3v) is 5.17. The minimum absolute atomic E-state index is 0.0741. The van der Waals surface area contributed by atoms with Crippen LogP contribution in [0.4, 0.5) is 5.69 Å². The monoisotopic (exact) mass is 413 g/mol. The molecule has 0 atom stereocenters. The molecule has 31 heavy (non-hydrogen) atoms. The molecule has 1 amide bonds. The van der Waals surface area contributed by atoms with Crippen LogP contribution in [-0.4, -0.2) is 20.6 Å². The average Bonchev–Trinajstić information content (AvgIpc) is 2.79. The number of phenols is 1. The predicted molar refractivity (Wildman–Crippen MR) is 122 cm³/mol. The molecule has 2 aromatic carbocycles. The number of nitrogens with zero attached hydrogens (tertiary/aromatic N) is 2. The lowest BCUT2D eigenvalue weighted by atomic mass is 9.99. The first-order valence-electron chi connectivity index (χ1n) is 10.3. The Morgan fingerprint density at radius 2 is 1.87 bits per heavy atom. The van der Waals surface area contributed by atoms with Crippen LogP contribution in [0.15, 0.2) is 77.7 Å². The van der Waals surface area contributed by atoms with Crippen LogP contribution in [0.1, 0.15) is 30.1 Å². The van der Waals surface area contributed by atoms with E-state index >= 15 is 0 Å². The number of carbonyl (C=O) groups is 1. The molecule has 0 aliphatic rings.